The van der Waals surface area contributed by atoms with Crippen LogP contribution in [-0.4, -0.2) is 6.04 Å². The fourth-order valence-corrected chi connectivity index (χ4v) is 2.34. The lowest BCUT2D eigenvalue weighted by atomic mass is 9.96. The van der Waals surface area contributed by atoms with Gasteiger partial charge in [0, 0.05) is 6.04 Å². The molecular weight excluding hydrogens is 256 g/mol. The molecule has 20 heavy (non-hydrogen) atoms. The van der Waals surface area contributed by atoms with Crippen LogP contribution in [0.4, 0.5) is 8.78 Å². The minimum Gasteiger partial charge on any atom is -0.327 e. The highest BCUT2D eigenvalue weighted by molar-refractivity contribution is 5.31. The molecule has 0 amide bonds. The molecule has 1 unspecified atom stereocenters. The second kappa shape index (κ2) is 6.14. The number of halogens is 2. The zero-order valence-electron chi connectivity index (χ0n) is 11.8. The highest BCUT2D eigenvalue weighted by Gasteiger charge is 2.10. The first-order valence-electron chi connectivity index (χ1n) is 6.71. The standard InChI is InChI=1S/C17H19F2N/c1-11-3-4-12(2)14(7-11)10-15(20)8-13-5-6-16(18)17(19)9-13/h3-7,9,15H,8,10,20H2,1-2H3. The molecule has 0 spiro atoms. The van der Waals surface area contributed by atoms with E-state index in [9.17, 15) is 8.78 Å². The summed E-state index contributed by atoms with van der Waals surface area (Å²) in [5.74, 6) is -1.64. The predicted octanol–water partition coefficient (Wildman–Crippen LogP) is 3.69. The quantitative estimate of drug-likeness (QED) is 0.904. The van der Waals surface area contributed by atoms with Crippen LogP contribution in [0.25, 0.3) is 0 Å². The Morgan fingerprint density at radius 2 is 1.70 bits per heavy atom. The molecule has 0 heterocycles. The van der Waals surface area contributed by atoms with Crippen molar-refractivity contribution in [3.63, 3.8) is 0 Å². The molecule has 0 aliphatic rings. The fraction of sp³-hybridized carbons (Fsp3) is 0.294. The zero-order chi connectivity index (χ0) is 14.7. The maximum atomic E-state index is 13.2. The summed E-state index contributed by atoms with van der Waals surface area (Å²) < 4.78 is 26.0. The summed E-state index contributed by atoms with van der Waals surface area (Å²) >= 11 is 0. The smallest absolute Gasteiger partial charge is 0.159 e. The first kappa shape index (κ1) is 14.7. The van der Waals surface area contributed by atoms with E-state index in [1.54, 1.807) is 6.07 Å². The van der Waals surface area contributed by atoms with E-state index >= 15 is 0 Å². The normalized spacial score (nSPS) is 12.4. The van der Waals surface area contributed by atoms with Gasteiger partial charge >= 0.3 is 0 Å². The summed E-state index contributed by atoms with van der Waals surface area (Å²) in [7, 11) is 0. The molecule has 106 valence electrons. The van der Waals surface area contributed by atoms with Gasteiger partial charge in [0.25, 0.3) is 0 Å². The van der Waals surface area contributed by atoms with Crippen LogP contribution in [0.3, 0.4) is 0 Å². The average Bonchev–Trinajstić information content (AvgIpc) is 2.38. The Morgan fingerprint density at radius 1 is 0.950 bits per heavy atom. The molecule has 0 saturated carbocycles. The van der Waals surface area contributed by atoms with Gasteiger partial charge in [-0.3, -0.25) is 0 Å². The lowest BCUT2D eigenvalue weighted by molar-refractivity contribution is 0.506. The van der Waals surface area contributed by atoms with E-state index < -0.39 is 11.6 Å². The monoisotopic (exact) mass is 275 g/mol. The topological polar surface area (TPSA) is 26.0 Å². The maximum Gasteiger partial charge on any atom is 0.159 e. The van der Waals surface area contributed by atoms with Crippen LogP contribution in [0.2, 0.25) is 0 Å². The molecule has 0 bridgehead atoms. The van der Waals surface area contributed by atoms with Gasteiger partial charge in [-0.15, -0.1) is 0 Å². The van der Waals surface area contributed by atoms with E-state index in [2.05, 4.69) is 25.1 Å². The van der Waals surface area contributed by atoms with Crippen LogP contribution in [0.1, 0.15) is 22.3 Å². The van der Waals surface area contributed by atoms with Gasteiger partial charge in [-0.1, -0.05) is 29.8 Å². The van der Waals surface area contributed by atoms with Gasteiger partial charge in [0.2, 0.25) is 0 Å². The Labute approximate surface area is 118 Å². The number of aryl methyl sites for hydroxylation is 2. The summed E-state index contributed by atoms with van der Waals surface area (Å²) in [4.78, 5) is 0. The minimum absolute atomic E-state index is 0.111. The van der Waals surface area contributed by atoms with Gasteiger partial charge < -0.3 is 5.73 Å². The van der Waals surface area contributed by atoms with Crippen molar-refractivity contribution in [2.45, 2.75) is 32.7 Å². The van der Waals surface area contributed by atoms with E-state index in [-0.39, 0.29) is 6.04 Å². The van der Waals surface area contributed by atoms with Gasteiger partial charge in [-0.05, 0) is 55.5 Å². The summed E-state index contributed by atoms with van der Waals surface area (Å²) in [6, 6.07) is 10.1. The summed E-state index contributed by atoms with van der Waals surface area (Å²) in [5.41, 5.74) is 10.5. The van der Waals surface area contributed by atoms with E-state index in [0.717, 1.165) is 18.1 Å². The molecule has 0 aliphatic heterocycles. The van der Waals surface area contributed by atoms with Gasteiger partial charge in [0.15, 0.2) is 11.6 Å². The van der Waals surface area contributed by atoms with Crippen molar-refractivity contribution in [2.75, 3.05) is 0 Å². The van der Waals surface area contributed by atoms with Crippen molar-refractivity contribution >= 4 is 0 Å². The summed E-state index contributed by atoms with van der Waals surface area (Å²) in [6.45, 7) is 4.10. The Morgan fingerprint density at radius 3 is 2.40 bits per heavy atom. The van der Waals surface area contributed by atoms with Crippen LogP contribution in [0.5, 0.6) is 0 Å². The van der Waals surface area contributed by atoms with Gasteiger partial charge in [0.05, 0.1) is 0 Å². The third-order valence-corrected chi connectivity index (χ3v) is 3.47. The van der Waals surface area contributed by atoms with Crippen LogP contribution in [0.15, 0.2) is 36.4 Å². The SMILES string of the molecule is Cc1ccc(C)c(CC(N)Cc2ccc(F)c(F)c2)c1. The summed E-state index contributed by atoms with van der Waals surface area (Å²) in [6.07, 6.45) is 1.26. The Kier molecular flexibility index (Phi) is 4.50. The van der Waals surface area contributed by atoms with E-state index in [4.69, 9.17) is 5.73 Å². The number of hydrogen-bond donors (Lipinski definition) is 1. The summed E-state index contributed by atoms with van der Waals surface area (Å²) in [5, 5.41) is 0. The molecule has 2 rings (SSSR count). The molecule has 0 radical (unpaired) electrons. The van der Waals surface area contributed by atoms with Crippen molar-refractivity contribution in [3.05, 3.63) is 70.3 Å². The predicted molar refractivity (Wildman–Crippen MR) is 77.7 cm³/mol. The van der Waals surface area contributed by atoms with E-state index in [1.165, 1.54) is 22.8 Å². The lowest BCUT2D eigenvalue weighted by Gasteiger charge is -2.14. The van der Waals surface area contributed by atoms with Crippen molar-refractivity contribution in [2.24, 2.45) is 5.73 Å². The van der Waals surface area contributed by atoms with Gasteiger partial charge in [-0.2, -0.15) is 0 Å². The molecule has 0 saturated heterocycles. The van der Waals surface area contributed by atoms with Crippen molar-refractivity contribution in [1.82, 2.24) is 0 Å². The molecular formula is C17H19F2N. The molecule has 0 aromatic heterocycles. The Balaban J connectivity index is 2.06. The largest absolute Gasteiger partial charge is 0.327 e. The highest BCUT2D eigenvalue weighted by Crippen LogP contribution is 2.15. The average molecular weight is 275 g/mol. The highest BCUT2D eigenvalue weighted by atomic mass is 19.2. The second-order valence-electron chi connectivity index (χ2n) is 5.35. The molecule has 2 aromatic carbocycles. The molecule has 0 aliphatic carbocycles. The van der Waals surface area contributed by atoms with E-state index in [0.29, 0.717) is 6.42 Å². The molecule has 2 N–H and O–H groups in total. The van der Waals surface area contributed by atoms with E-state index in [1.807, 2.05) is 6.92 Å². The number of nitrogens with two attached hydrogens (primary N) is 1. The number of rotatable bonds is 4. The number of benzene rings is 2. The Bertz CT molecular complexity index is 608. The van der Waals surface area contributed by atoms with Crippen LogP contribution in [-0.2, 0) is 12.8 Å². The molecule has 3 heteroatoms. The van der Waals surface area contributed by atoms with Gasteiger partial charge in [0.1, 0.15) is 0 Å². The first-order valence-corrected chi connectivity index (χ1v) is 6.71. The molecule has 1 nitrogen and oxygen atoms in total. The Hall–Kier alpha value is -1.74. The maximum absolute atomic E-state index is 13.2. The van der Waals surface area contributed by atoms with Gasteiger partial charge in [-0.25, -0.2) is 8.78 Å². The fourth-order valence-electron chi connectivity index (χ4n) is 2.34. The molecule has 1 atom stereocenters. The second-order valence-corrected chi connectivity index (χ2v) is 5.35. The van der Waals surface area contributed by atoms with Crippen molar-refractivity contribution < 1.29 is 8.78 Å². The van der Waals surface area contributed by atoms with Crippen LogP contribution < -0.4 is 5.73 Å². The third kappa shape index (κ3) is 3.64. The minimum atomic E-state index is -0.822. The zero-order valence-corrected chi connectivity index (χ0v) is 11.8. The van der Waals surface area contributed by atoms with Crippen molar-refractivity contribution in [3.8, 4) is 0 Å². The molecule has 0 fully saturated rings. The van der Waals surface area contributed by atoms with Crippen LogP contribution in [0, 0.1) is 25.5 Å². The van der Waals surface area contributed by atoms with Crippen LogP contribution >= 0.6 is 0 Å². The lowest BCUT2D eigenvalue weighted by Crippen LogP contribution is -2.26. The third-order valence-electron chi connectivity index (χ3n) is 3.47. The molecule has 2 aromatic rings. The first-order chi connectivity index (χ1) is 9.45. The van der Waals surface area contributed by atoms with Crippen molar-refractivity contribution in [1.29, 1.82) is 0 Å². The number of hydrogen-bond acceptors (Lipinski definition) is 1.